The molecule has 1 aromatic carbocycles. The first kappa shape index (κ1) is 14.0. The molecule has 0 spiro atoms. The van der Waals surface area contributed by atoms with Gasteiger partial charge in [0, 0.05) is 29.5 Å². The van der Waals surface area contributed by atoms with Crippen molar-refractivity contribution in [2.24, 2.45) is 5.73 Å². The number of benzene rings is 1. The van der Waals surface area contributed by atoms with Crippen molar-refractivity contribution in [2.75, 3.05) is 0 Å². The minimum atomic E-state index is -0.128. The van der Waals surface area contributed by atoms with E-state index in [2.05, 4.69) is 22.1 Å². The largest absolute Gasteiger partial charge is 0.324 e. The van der Waals surface area contributed by atoms with Crippen LogP contribution in [-0.4, -0.2) is 9.97 Å². The summed E-state index contributed by atoms with van der Waals surface area (Å²) in [7, 11) is 0. The molecular weight excluding hydrogens is 282 g/mol. The van der Waals surface area contributed by atoms with Gasteiger partial charge < -0.3 is 5.73 Å². The fourth-order valence-corrected chi connectivity index (χ4v) is 2.76. The molecule has 0 bridgehead atoms. The first-order valence-corrected chi connectivity index (χ1v) is 7.23. The van der Waals surface area contributed by atoms with Crippen LogP contribution in [0.2, 0.25) is 5.02 Å². The molecule has 1 unspecified atom stereocenters. The second-order valence-electron chi connectivity index (χ2n) is 5.15. The summed E-state index contributed by atoms with van der Waals surface area (Å²) < 4.78 is 0. The molecule has 0 aliphatic heterocycles. The fourth-order valence-electron chi connectivity index (χ4n) is 2.56. The molecule has 0 amide bonds. The van der Waals surface area contributed by atoms with E-state index in [0.717, 1.165) is 27.7 Å². The Kier molecular flexibility index (Phi) is 3.86. The quantitative estimate of drug-likeness (QED) is 0.799. The van der Waals surface area contributed by atoms with Crippen molar-refractivity contribution in [3.8, 4) is 0 Å². The summed E-state index contributed by atoms with van der Waals surface area (Å²) in [5, 5.41) is 1.75. The lowest BCUT2D eigenvalue weighted by atomic mass is 9.96. The highest BCUT2D eigenvalue weighted by atomic mass is 35.5. The summed E-state index contributed by atoms with van der Waals surface area (Å²) in [6.07, 6.45) is 4.07. The van der Waals surface area contributed by atoms with Crippen LogP contribution >= 0.6 is 11.6 Å². The van der Waals surface area contributed by atoms with E-state index >= 15 is 0 Å². The summed E-state index contributed by atoms with van der Waals surface area (Å²) >= 11 is 6.17. The molecule has 21 heavy (non-hydrogen) atoms. The van der Waals surface area contributed by atoms with Gasteiger partial charge in [-0.3, -0.25) is 9.97 Å². The molecule has 1 atom stereocenters. The van der Waals surface area contributed by atoms with Gasteiger partial charge in [0.05, 0.1) is 10.5 Å². The zero-order valence-electron chi connectivity index (χ0n) is 11.8. The highest BCUT2D eigenvalue weighted by molar-refractivity contribution is 6.31. The number of aromatic nitrogens is 2. The maximum Gasteiger partial charge on any atom is 0.0708 e. The van der Waals surface area contributed by atoms with Gasteiger partial charge in [-0.2, -0.15) is 0 Å². The number of para-hydroxylation sites is 1. The Morgan fingerprint density at radius 2 is 2.05 bits per heavy atom. The van der Waals surface area contributed by atoms with Crippen molar-refractivity contribution >= 4 is 22.5 Å². The van der Waals surface area contributed by atoms with Crippen LogP contribution in [0, 0.1) is 6.92 Å². The van der Waals surface area contributed by atoms with Crippen LogP contribution in [0.5, 0.6) is 0 Å². The normalized spacial score (nSPS) is 12.5. The van der Waals surface area contributed by atoms with Crippen LogP contribution in [0.1, 0.15) is 22.9 Å². The molecule has 106 valence electrons. The van der Waals surface area contributed by atoms with Gasteiger partial charge in [-0.1, -0.05) is 29.8 Å². The second-order valence-corrected chi connectivity index (χ2v) is 5.55. The molecule has 3 rings (SSSR count). The Morgan fingerprint density at radius 3 is 2.86 bits per heavy atom. The lowest BCUT2D eigenvalue weighted by Crippen LogP contribution is -2.14. The third-order valence-electron chi connectivity index (χ3n) is 3.57. The molecule has 0 saturated heterocycles. The first-order valence-electron chi connectivity index (χ1n) is 6.85. The minimum absolute atomic E-state index is 0.128. The van der Waals surface area contributed by atoms with Crippen LogP contribution in [-0.2, 0) is 6.42 Å². The van der Waals surface area contributed by atoms with Gasteiger partial charge in [0.2, 0.25) is 0 Å². The van der Waals surface area contributed by atoms with E-state index in [9.17, 15) is 0 Å². The molecular formula is C17H16ClN3. The predicted molar refractivity (Wildman–Crippen MR) is 86.4 cm³/mol. The smallest absolute Gasteiger partial charge is 0.0708 e. The number of hydrogen-bond donors (Lipinski definition) is 1. The van der Waals surface area contributed by atoms with Gasteiger partial charge in [0.25, 0.3) is 0 Å². The highest BCUT2D eigenvalue weighted by Gasteiger charge is 2.13. The van der Waals surface area contributed by atoms with Crippen molar-refractivity contribution in [1.29, 1.82) is 0 Å². The van der Waals surface area contributed by atoms with Crippen LogP contribution in [0.25, 0.3) is 10.9 Å². The summed E-state index contributed by atoms with van der Waals surface area (Å²) in [6.45, 7) is 1.99. The van der Waals surface area contributed by atoms with Gasteiger partial charge in [0.15, 0.2) is 0 Å². The van der Waals surface area contributed by atoms with Crippen LogP contribution in [0.4, 0.5) is 0 Å². The third-order valence-corrected chi connectivity index (χ3v) is 3.91. The molecule has 3 nitrogen and oxygen atoms in total. The van der Waals surface area contributed by atoms with E-state index in [4.69, 9.17) is 17.3 Å². The fraction of sp³-hybridized carbons (Fsp3) is 0.176. The van der Waals surface area contributed by atoms with Crippen molar-refractivity contribution in [3.05, 3.63) is 70.6 Å². The van der Waals surface area contributed by atoms with Crippen molar-refractivity contribution in [3.63, 3.8) is 0 Å². The zero-order chi connectivity index (χ0) is 14.8. The monoisotopic (exact) mass is 297 g/mol. The minimum Gasteiger partial charge on any atom is -0.324 e. The summed E-state index contributed by atoms with van der Waals surface area (Å²) in [6, 6.07) is 11.9. The van der Waals surface area contributed by atoms with Gasteiger partial charge in [-0.15, -0.1) is 0 Å². The van der Waals surface area contributed by atoms with Crippen molar-refractivity contribution in [2.45, 2.75) is 19.4 Å². The van der Waals surface area contributed by atoms with E-state index < -0.39 is 0 Å². The molecule has 0 aliphatic carbocycles. The number of pyridine rings is 2. The molecule has 2 aromatic heterocycles. The first-order chi connectivity index (χ1) is 10.1. The van der Waals surface area contributed by atoms with Crippen LogP contribution < -0.4 is 5.73 Å². The second kappa shape index (κ2) is 5.80. The molecule has 3 aromatic rings. The van der Waals surface area contributed by atoms with Gasteiger partial charge in [-0.05, 0) is 42.7 Å². The highest BCUT2D eigenvalue weighted by Crippen LogP contribution is 2.27. The maximum atomic E-state index is 6.42. The SMILES string of the molecule is Cc1cc(C(N)Cc2ccncc2Cl)c2ccccc2n1. The Balaban J connectivity index is 2.02. The molecule has 0 fully saturated rings. The lowest BCUT2D eigenvalue weighted by molar-refractivity contribution is 0.725. The number of fused-ring (bicyclic) bond motifs is 1. The van der Waals surface area contributed by atoms with E-state index in [1.165, 1.54) is 0 Å². The van der Waals surface area contributed by atoms with Crippen LogP contribution in [0.3, 0.4) is 0 Å². The van der Waals surface area contributed by atoms with E-state index in [1.54, 1.807) is 12.4 Å². The van der Waals surface area contributed by atoms with E-state index in [-0.39, 0.29) is 6.04 Å². The lowest BCUT2D eigenvalue weighted by Gasteiger charge is -2.16. The number of halogens is 1. The number of hydrogen-bond acceptors (Lipinski definition) is 3. The van der Waals surface area contributed by atoms with Crippen molar-refractivity contribution in [1.82, 2.24) is 9.97 Å². The number of nitrogens with zero attached hydrogens (tertiary/aromatic N) is 2. The average molecular weight is 298 g/mol. The van der Waals surface area contributed by atoms with E-state index in [1.807, 2.05) is 31.2 Å². The number of rotatable bonds is 3. The van der Waals surface area contributed by atoms with Gasteiger partial charge in [0.1, 0.15) is 0 Å². The Labute approximate surface area is 128 Å². The molecule has 2 heterocycles. The van der Waals surface area contributed by atoms with Gasteiger partial charge in [-0.25, -0.2) is 0 Å². The summed E-state index contributed by atoms with van der Waals surface area (Å²) in [4.78, 5) is 8.56. The standard InChI is InChI=1S/C17H16ClN3/c1-11-8-14(13-4-2-3-5-17(13)21-11)16(19)9-12-6-7-20-10-15(12)18/h2-8,10,16H,9,19H2,1H3. The maximum absolute atomic E-state index is 6.42. The molecule has 0 radical (unpaired) electrons. The molecule has 4 heteroatoms. The third kappa shape index (κ3) is 2.89. The predicted octanol–water partition coefficient (Wildman–Crippen LogP) is 3.83. The van der Waals surface area contributed by atoms with Crippen LogP contribution in [0.15, 0.2) is 48.8 Å². The van der Waals surface area contributed by atoms with Crippen molar-refractivity contribution < 1.29 is 0 Å². The topological polar surface area (TPSA) is 51.8 Å². The summed E-state index contributed by atoms with van der Waals surface area (Å²) in [5.41, 5.74) is 10.5. The molecule has 2 N–H and O–H groups in total. The Hall–Kier alpha value is -1.97. The van der Waals surface area contributed by atoms with E-state index in [0.29, 0.717) is 11.4 Å². The number of nitrogens with two attached hydrogens (primary N) is 1. The average Bonchev–Trinajstić information content (AvgIpc) is 2.48. The summed E-state index contributed by atoms with van der Waals surface area (Å²) in [5.74, 6) is 0. The molecule has 0 aliphatic rings. The Bertz CT molecular complexity index is 786. The zero-order valence-corrected chi connectivity index (χ0v) is 12.5. The Morgan fingerprint density at radius 1 is 1.24 bits per heavy atom. The molecule has 0 saturated carbocycles. The number of aryl methyl sites for hydroxylation is 1. The van der Waals surface area contributed by atoms with Gasteiger partial charge >= 0.3 is 0 Å².